The van der Waals surface area contributed by atoms with Crippen molar-refractivity contribution < 1.29 is 14.2 Å². The number of ether oxygens (including phenoxy) is 3. The molecule has 0 aliphatic carbocycles. The fraction of sp³-hybridized carbons (Fsp3) is 0.259. The van der Waals surface area contributed by atoms with Crippen LogP contribution in [0.1, 0.15) is 12.8 Å². The van der Waals surface area contributed by atoms with E-state index < -0.39 is 5.72 Å². The number of aromatic amines is 2. The van der Waals surface area contributed by atoms with Gasteiger partial charge in [0.15, 0.2) is 5.65 Å². The fourth-order valence-electron chi connectivity index (χ4n) is 5.18. The van der Waals surface area contributed by atoms with E-state index in [2.05, 4.69) is 25.4 Å². The summed E-state index contributed by atoms with van der Waals surface area (Å²) < 4.78 is 18.8. The van der Waals surface area contributed by atoms with E-state index in [9.17, 15) is 4.79 Å². The smallest absolute Gasteiger partial charge is 0.347 e. The Bertz CT molecular complexity index is 1680. The number of nitrogens with zero attached hydrogens (tertiary/aromatic N) is 4. The Morgan fingerprint density at radius 1 is 1.08 bits per heavy atom. The van der Waals surface area contributed by atoms with Crippen LogP contribution >= 0.6 is 11.6 Å². The topological polar surface area (TPSA) is 132 Å². The molecule has 0 spiro atoms. The number of H-pyrrole nitrogens is 2. The largest absolute Gasteiger partial charge is 0.449 e. The minimum atomic E-state index is -0.478. The number of rotatable bonds is 7. The predicted molar refractivity (Wildman–Crippen MR) is 144 cm³/mol. The second-order valence-corrected chi connectivity index (χ2v) is 9.87. The van der Waals surface area contributed by atoms with Gasteiger partial charge in [0.05, 0.1) is 35.1 Å². The van der Waals surface area contributed by atoms with E-state index in [0.717, 1.165) is 29.5 Å². The van der Waals surface area contributed by atoms with Gasteiger partial charge < -0.3 is 19.2 Å². The first kappa shape index (κ1) is 24.0. The number of halogens is 1. The van der Waals surface area contributed by atoms with Gasteiger partial charge >= 0.3 is 5.69 Å². The third-order valence-electron chi connectivity index (χ3n) is 7.19. The molecule has 5 heterocycles. The van der Waals surface area contributed by atoms with Crippen molar-refractivity contribution in [2.75, 3.05) is 19.9 Å². The van der Waals surface area contributed by atoms with Crippen LogP contribution in [0.4, 0.5) is 0 Å². The molecule has 198 valence electrons. The standard InChI is InChI=1S/C27H24ClN7O4/c28-20-13-21-24(34-25(32-21)38-15-30-27-10-12-37-22(27)9-11-39-27)33-23(20)18-3-1-16(2-4-18)17-5-7-19(8-6-17)35-26(36)29-14-31-35/h1-8,13-14,22,30H,9-12,15H2,(H,29,31,36)(H,32,33,34). The normalized spacial score (nSPS) is 20.5. The van der Waals surface area contributed by atoms with Crippen LogP contribution in [-0.4, -0.2) is 61.5 Å². The van der Waals surface area contributed by atoms with Crippen molar-refractivity contribution in [2.24, 2.45) is 0 Å². The molecule has 5 aromatic rings. The molecule has 3 aromatic heterocycles. The lowest BCUT2D eigenvalue weighted by molar-refractivity contribution is -0.0590. The lowest BCUT2D eigenvalue weighted by Crippen LogP contribution is -2.51. The van der Waals surface area contributed by atoms with Gasteiger partial charge in [0, 0.05) is 18.4 Å². The zero-order valence-electron chi connectivity index (χ0n) is 20.7. The van der Waals surface area contributed by atoms with E-state index in [1.807, 2.05) is 48.5 Å². The zero-order chi connectivity index (χ0) is 26.4. The van der Waals surface area contributed by atoms with Gasteiger partial charge in [-0.25, -0.2) is 9.78 Å². The third-order valence-corrected chi connectivity index (χ3v) is 7.48. The van der Waals surface area contributed by atoms with Gasteiger partial charge in [0.2, 0.25) is 0 Å². The molecular weight excluding hydrogens is 522 g/mol. The number of imidazole rings is 1. The molecule has 11 nitrogen and oxygen atoms in total. The van der Waals surface area contributed by atoms with Crippen LogP contribution in [0.15, 0.2) is 65.7 Å². The first-order valence-corrected chi connectivity index (χ1v) is 13.0. The van der Waals surface area contributed by atoms with Gasteiger partial charge in [0.25, 0.3) is 6.01 Å². The van der Waals surface area contributed by atoms with Gasteiger partial charge in [-0.2, -0.15) is 14.8 Å². The fourth-order valence-corrected chi connectivity index (χ4v) is 5.44. The van der Waals surface area contributed by atoms with Crippen molar-refractivity contribution in [3.05, 3.63) is 76.4 Å². The highest BCUT2D eigenvalue weighted by Crippen LogP contribution is 2.35. The average molecular weight is 546 g/mol. The zero-order valence-corrected chi connectivity index (χ0v) is 21.4. The molecule has 0 radical (unpaired) electrons. The van der Waals surface area contributed by atoms with Crippen molar-refractivity contribution in [1.82, 2.24) is 35.0 Å². The summed E-state index contributed by atoms with van der Waals surface area (Å²) in [5.41, 5.74) is 4.63. The highest BCUT2D eigenvalue weighted by molar-refractivity contribution is 6.33. The minimum absolute atomic E-state index is 0.0541. The van der Waals surface area contributed by atoms with E-state index >= 15 is 0 Å². The Kier molecular flexibility index (Phi) is 5.93. The molecule has 2 aliphatic rings. The van der Waals surface area contributed by atoms with Gasteiger partial charge in [-0.3, -0.25) is 10.3 Å². The van der Waals surface area contributed by atoms with Crippen molar-refractivity contribution in [3.63, 3.8) is 0 Å². The predicted octanol–water partition coefficient (Wildman–Crippen LogP) is 3.65. The van der Waals surface area contributed by atoms with Crippen LogP contribution in [0.2, 0.25) is 5.02 Å². The SMILES string of the molecule is O=c1[nH]cnn1-c1ccc(-c2ccc(-c3nc4nc(OCNC56CCOC5CCO6)[nH]c4cc3Cl)cc2)cc1. The first-order valence-electron chi connectivity index (χ1n) is 12.6. The quantitative estimate of drug-likeness (QED) is 0.264. The Hall–Kier alpha value is -4.03. The molecule has 12 heteroatoms. The van der Waals surface area contributed by atoms with Gasteiger partial charge in [-0.15, -0.1) is 0 Å². The number of hydrogen-bond acceptors (Lipinski definition) is 8. The second-order valence-electron chi connectivity index (χ2n) is 9.46. The maximum atomic E-state index is 11.8. The van der Waals surface area contributed by atoms with E-state index in [1.54, 1.807) is 6.07 Å². The summed E-state index contributed by atoms with van der Waals surface area (Å²) in [6, 6.07) is 17.7. The summed E-state index contributed by atoms with van der Waals surface area (Å²) in [6.45, 7) is 1.57. The molecule has 0 amide bonds. The summed E-state index contributed by atoms with van der Waals surface area (Å²) in [5, 5.41) is 7.84. The van der Waals surface area contributed by atoms with Crippen molar-refractivity contribution in [2.45, 2.75) is 24.7 Å². The summed E-state index contributed by atoms with van der Waals surface area (Å²) in [7, 11) is 0. The molecule has 7 rings (SSSR count). The van der Waals surface area contributed by atoms with E-state index in [1.165, 1.54) is 11.0 Å². The van der Waals surface area contributed by atoms with Crippen molar-refractivity contribution in [3.8, 4) is 34.1 Å². The van der Waals surface area contributed by atoms with Crippen LogP contribution in [0, 0.1) is 0 Å². The van der Waals surface area contributed by atoms with Gasteiger partial charge in [0.1, 0.15) is 24.9 Å². The first-order chi connectivity index (χ1) is 19.1. The lowest BCUT2D eigenvalue weighted by atomic mass is 10.0. The van der Waals surface area contributed by atoms with Crippen LogP contribution in [-0.2, 0) is 9.47 Å². The molecule has 2 aliphatic heterocycles. The number of benzene rings is 2. The summed E-state index contributed by atoms with van der Waals surface area (Å²) >= 11 is 6.60. The number of pyridine rings is 1. The van der Waals surface area contributed by atoms with Crippen LogP contribution in [0.3, 0.4) is 0 Å². The average Bonchev–Trinajstić information content (AvgIpc) is 3.72. The minimum Gasteiger partial charge on any atom is -0.449 e. The Labute approximate surface area is 227 Å². The second kappa shape index (κ2) is 9.62. The molecular formula is C27H24ClN7O4. The molecule has 3 N–H and O–H groups in total. The van der Waals surface area contributed by atoms with E-state index in [-0.39, 0.29) is 18.5 Å². The van der Waals surface area contributed by atoms with E-state index in [4.69, 9.17) is 30.8 Å². The Morgan fingerprint density at radius 3 is 2.62 bits per heavy atom. The highest BCUT2D eigenvalue weighted by atomic mass is 35.5. The van der Waals surface area contributed by atoms with Gasteiger partial charge in [-0.05, 0) is 29.3 Å². The highest BCUT2D eigenvalue weighted by Gasteiger charge is 2.49. The van der Waals surface area contributed by atoms with Crippen molar-refractivity contribution >= 4 is 22.8 Å². The third kappa shape index (κ3) is 4.39. The lowest BCUT2D eigenvalue weighted by Gasteiger charge is -2.27. The van der Waals surface area contributed by atoms with E-state index in [0.29, 0.717) is 46.8 Å². The molecule has 2 atom stereocenters. The molecule has 0 saturated carbocycles. The number of aromatic nitrogens is 6. The summed E-state index contributed by atoms with van der Waals surface area (Å²) in [6.07, 6.45) is 3.09. The molecule has 2 fully saturated rings. The van der Waals surface area contributed by atoms with Crippen LogP contribution < -0.4 is 15.7 Å². The van der Waals surface area contributed by atoms with Crippen LogP contribution in [0.25, 0.3) is 39.2 Å². The molecule has 39 heavy (non-hydrogen) atoms. The number of hydrogen-bond donors (Lipinski definition) is 3. The Balaban J connectivity index is 1.07. The molecule has 2 unspecified atom stereocenters. The Morgan fingerprint density at radius 2 is 1.85 bits per heavy atom. The monoisotopic (exact) mass is 545 g/mol. The number of nitrogens with one attached hydrogen (secondary N) is 3. The maximum absolute atomic E-state index is 11.8. The summed E-state index contributed by atoms with van der Waals surface area (Å²) in [5.74, 6) is 0. The maximum Gasteiger partial charge on any atom is 0.347 e. The number of fused-ring (bicyclic) bond motifs is 2. The summed E-state index contributed by atoms with van der Waals surface area (Å²) in [4.78, 5) is 26.6. The molecule has 2 saturated heterocycles. The molecule has 0 bridgehead atoms. The van der Waals surface area contributed by atoms with Gasteiger partial charge in [-0.1, -0.05) is 48.0 Å². The molecule has 2 aromatic carbocycles. The van der Waals surface area contributed by atoms with Crippen LogP contribution in [0.5, 0.6) is 6.01 Å². The van der Waals surface area contributed by atoms with Crippen molar-refractivity contribution in [1.29, 1.82) is 0 Å².